The molecule has 0 spiro atoms. The summed E-state index contributed by atoms with van der Waals surface area (Å²) in [6.45, 7) is 22.5. The van der Waals surface area contributed by atoms with E-state index in [1.54, 1.807) is 0 Å². The zero-order chi connectivity index (χ0) is 11.7. The molecule has 0 heterocycles. The SMILES string of the molecule is [CH-]=C(C)C=C(C)C.[CH-]=C(C)C=C(C)C.[Mo+2]. The molecule has 0 aliphatic heterocycles. The fourth-order valence-electron chi connectivity index (χ4n) is 0.911. The molecule has 0 bridgehead atoms. The summed E-state index contributed by atoms with van der Waals surface area (Å²) in [5.74, 6) is 0. The second-order valence-corrected chi connectivity index (χ2v) is 3.93. The molecule has 0 radical (unpaired) electrons. The van der Waals surface area contributed by atoms with Gasteiger partial charge in [-0.3, -0.25) is 13.2 Å². The molecule has 0 atom stereocenters. The minimum absolute atomic E-state index is 0. The van der Waals surface area contributed by atoms with E-state index in [0.29, 0.717) is 0 Å². The largest absolute Gasteiger partial charge is 2.00 e. The standard InChI is InChI=1S/2C7H11.Mo/c2*1-6(2)5-7(3)4;/h2*1,5H,2-4H3;/q2*-1;+2. The molecule has 0 aromatic heterocycles. The van der Waals surface area contributed by atoms with E-state index in [-0.39, 0.29) is 21.1 Å². The van der Waals surface area contributed by atoms with Gasteiger partial charge in [-0.2, -0.15) is 11.1 Å². The Kier molecular flexibility index (Phi) is 15.7. The third kappa shape index (κ3) is 31.7. The molecule has 15 heavy (non-hydrogen) atoms. The smallest absolute Gasteiger partial charge is 0.290 e. The van der Waals surface area contributed by atoms with Crippen LogP contribution in [-0.4, -0.2) is 0 Å². The van der Waals surface area contributed by atoms with Crippen LogP contribution in [0.3, 0.4) is 0 Å². The number of allylic oxidation sites excluding steroid dienone is 6. The Morgan fingerprint density at radius 1 is 0.667 bits per heavy atom. The summed E-state index contributed by atoms with van der Waals surface area (Å²) in [5.41, 5.74) is 4.25. The van der Waals surface area contributed by atoms with Crippen LogP contribution in [0.15, 0.2) is 34.4 Å². The van der Waals surface area contributed by atoms with Gasteiger partial charge in [-0.15, -0.1) is 0 Å². The average Bonchev–Trinajstić information content (AvgIpc) is 1.79. The molecule has 1 heteroatoms. The first-order valence-corrected chi connectivity index (χ1v) is 4.73. The summed E-state index contributed by atoms with van der Waals surface area (Å²) in [4.78, 5) is 0. The summed E-state index contributed by atoms with van der Waals surface area (Å²) in [6.07, 6.45) is 3.89. The monoisotopic (exact) mass is 288 g/mol. The van der Waals surface area contributed by atoms with Gasteiger partial charge in [0.05, 0.1) is 0 Å². The zero-order valence-electron chi connectivity index (χ0n) is 10.7. The Morgan fingerprint density at radius 2 is 0.867 bits per heavy atom. The normalized spacial score (nSPS) is 7.33. The van der Waals surface area contributed by atoms with Crippen LogP contribution in [-0.2, 0) is 21.1 Å². The van der Waals surface area contributed by atoms with Crippen LogP contribution in [0.2, 0.25) is 0 Å². The Morgan fingerprint density at radius 3 is 0.867 bits per heavy atom. The molecule has 0 unspecified atom stereocenters. The van der Waals surface area contributed by atoms with Gasteiger partial charge >= 0.3 is 21.1 Å². The molecular formula is C14H22Mo. The van der Waals surface area contributed by atoms with Gasteiger partial charge in [0, 0.05) is 0 Å². The average molecular weight is 286 g/mol. The van der Waals surface area contributed by atoms with Crippen molar-refractivity contribution in [2.75, 3.05) is 0 Å². The molecule has 0 nitrogen and oxygen atoms in total. The van der Waals surface area contributed by atoms with E-state index in [9.17, 15) is 0 Å². The van der Waals surface area contributed by atoms with Crippen molar-refractivity contribution in [3.05, 3.63) is 47.6 Å². The molecule has 0 aromatic carbocycles. The second kappa shape index (κ2) is 11.7. The van der Waals surface area contributed by atoms with Crippen LogP contribution in [0.1, 0.15) is 41.5 Å². The van der Waals surface area contributed by atoms with Crippen LogP contribution in [0, 0.1) is 13.2 Å². The van der Waals surface area contributed by atoms with E-state index < -0.39 is 0 Å². The van der Waals surface area contributed by atoms with Crippen LogP contribution >= 0.6 is 0 Å². The van der Waals surface area contributed by atoms with Gasteiger partial charge in [0.2, 0.25) is 0 Å². The molecule has 0 fully saturated rings. The molecule has 0 amide bonds. The first kappa shape index (κ1) is 20.1. The van der Waals surface area contributed by atoms with E-state index >= 15 is 0 Å². The molecule has 84 valence electrons. The van der Waals surface area contributed by atoms with Crippen LogP contribution < -0.4 is 0 Å². The fourth-order valence-corrected chi connectivity index (χ4v) is 0.911. The van der Waals surface area contributed by atoms with Gasteiger partial charge in [-0.1, -0.05) is 41.5 Å². The summed E-state index contributed by atoms with van der Waals surface area (Å²) in [7, 11) is 0. The quantitative estimate of drug-likeness (QED) is 0.393. The Labute approximate surface area is 110 Å². The predicted octanol–water partition coefficient (Wildman–Crippen LogP) is 4.66. The molecule has 0 N–H and O–H groups in total. The van der Waals surface area contributed by atoms with Crippen LogP contribution in [0.4, 0.5) is 0 Å². The maximum Gasteiger partial charge on any atom is 2.00 e. The molecule has 0 aromatic rings. The minimum atomic E-state index is 0. The van der Waals surface area contributed by atoms with Crippen molar-refractivity contribution in [1.82, 2.24) is 0 Å². The van der Waals surface area contributed by atoms with Crippen molar-refractivity contribution >= 4 is 0 Å². The first-order valence-electron chi connectivity index (χ1n) is 4.73. The number of hydrogen-bond donors (Lipinski definition) is 0. The molecular weight excluding hydrogens is 264 g/mol. The van der Waals surface area contributed by atoms with Crippen molar-refractivity contribution in [3.8, 4) is 0 Å². The maximum absolute atomic E-state index is 5.33. The van der Waals surface area contributed by atoms with E-state index in [1.165, 1.54) is 11.1 Å². The van der Waals surface area contributed by atoms with Crippen LogP contribution in [0.5, 0.6) is 0 Å². The van der Waals surface area contributed by atoms with Gasteiger partial charge in [-0.25, -0.2) is 23.3 Å². The Hall–Kier alpha value is -0.352. The summed E-state index contributed by atoms with van der Waals surface area (Å²) >= 11 is 0. The zero-order valence-corrected chi connectivity index (χ0v) is 12.7. The van der Waals surface area contributed by atoms with E-state index in [2.05, 4.69) is 0 Å². The van der Waals surface area contributed by atoms with E-state index in [4.69, 9.17) is 13.2 Å². The molecule has 0 saturated carbocycles. The van der Waals surface area contributed by atoms with E-state index in [1.807, 2.05) is 53.7 Å². The first-order chi connectivity index (χ1) is 6.25. The van der Waals surface area contributed by atoms with Crippen molar-refractivity contribution in [1.29, 1.82) is 0 Å². The van der Waals surface area contributed by atoms with Crippen molar-refractivity contribution < 1.29 is 21.1 Å². The molecule has 0 rings (SSSR count). The third-order valence-electron chi connectivity index (χ3n) is 1.03. The van der Waals surface area contributed by atoms with Crippen molar-refractivity contribution in [2.45, 2.75) is 41.5 Å². The van der Waals surface area contributed by atoms with Crippen molar-refractivity contribution in [2.24, 2.45) is 0 Å². The molecule has 0 saturated heterocycles. The fraction of sp³-hybridized carbons (Fsp3) is 0.429. The van der Waals surface area contributed by atoms with E-state index in [0.717, 1.165) is 11.1 Å². The summed E-state index contributed by atoms with van der Waals surface area (Å²) < 4.78 is 0. The Balaban J connectivity index is -0.000000180. The summed E-state index contributed by atoms with van der Waals surface area (Å²) in [6, 6.07) is 0. The van der Waals surface area contributed by atoms with Crippen molar-refractivity contribution in [3.63, 3.8) is 0 Å². The third-order valence-corrected chi connectivity index (χ3v) is 1.03. The minimum Gasteiger partial charge on any atom is -0.290 e. The second-order valence-electron chi connectivity index (χ2n) is 3.93. The Bertz CT molecular complexity index is 219. The summed E-state index contributed by atoms with van der Waals surface area (Å²) in [5, 5.41) is 0. The molecule has 0 aliphatic carbocycles. The van der Waals surface area contributed by atoms with Gasteiger partial charge in [0.1, 0.15) is 0 Å². The topological polar surface area (TPSA) is 0 Å². The maximum atomic E-state index is 5.33. The predicted molar refractivity (Wildman–Crippen MR) is 65.8 cm³/mol. The molecule has 0 aliphatic rings. The van der Waals surface area contributed by atoms with Gasteiger partial charge in [-0.05, 0) is 0 Å². The van der Waals surface area contributed by atoms with Gasteiger partial charge < -0.3 is 0 Å². The van der Waals surface area contributed by atoms with Gasteiger partial charge in [0.15, 0.2) is 0 Å². The number of hydrogen-bond acceptors (Lipinski definition) is 0. The number of rotatable bonds is 2. The van der Waals surface area contributed by atoms with Crippen LogP contribution in [0.25, 0.3) is 0 Å². The van der Waals surface area contributed by atoms with Gasteiger partial charge in [0.25, 0.3) is 0 Å².